The number of amides is 2. The van der Waals surface area contributed by atoms with Crippen molar-refractivity contribution in [2.75, 3.05) is 0 Å². The third-order valence-electron chi connectivity index (χ3n) is 4.92. The number of hydrazine groups is 1. The second kappa shape index (κ2) is 10.6. The highest BCUT2D eigenvalue weighted by molar-refractivity contribution is 8.26. The molecule has 4 rings (SSSR count). The van der Waals surface area contributed by atoms with Gasteiger partial charge in [0.25, 0.3) is 11.8 Å². The number of nitrogens with zero attached hydrogens (tertiary/aromatic N) is 1. The summed E-state index contributed by atoms with van der Waals surface area (Å²) in [6.45, 7) is 2.16. The topological polar surface area (TPSA) is 58.6 Å². The molecule has 1 heterocycles. The molecule has 0 bridgehead atoms. The maximum absolute atomic E-state index is 13.0. The van der Waals surface area contributed by atoms with Crippen LogP contribution in [-0.2, 0) is 11.4 Å². The molecule has 2 amide bonds. The first-order chi connectivity index (χ1) is 16.3. The van der Waals surface area contributed by atoms with E-state index in [0.29, 0.717) is 31.8 Å². The number of halogens is 2. The Hall–Kier alpha value is -2.84. The summed E-state index contributed by atoms with van der Waals surface area (Å²) >= 11 is 18.6. The van der Waals surface area contributed by atoms with Gasteiger partial charge in [-0.15, -0.1) is 0 Å². The molecule has 1 saturated heterocycles. The lowest BCUT2D eigenvalue weighted by Gasteiger charge is -2.15. The Morgan fingerprint density at radius 2 is 1.85 bits per heavy atom. The van der Waals surface area contributed by atoms with Gasteiger partial charge in [-0.2, -0.15) is 5.01 Å². The molecule has 1 fully saturated rings. The minimum Gasteiger partial charge on any atom is -0.488 e. The van der Waals surface area contributed by atoms with Crippen LogP contribution in [0.4, 0.5) is 0 Å². The van der Waals surface area contributed by atoms with Gasteiger partial charge < -0.3 is 4.74 Å². The Labute approximate surface area is 216 Å². The standard InChI is InChI=1S/C25H18Cl2N2O3S2/c1-15-6-8-16(9-7-15)23(30)28-29-24(31)22(34-25(29)33)12-17-4-2-3-5-21(17)32-14-18-10-11-19(26)13-20(18)27/h2-13H,14H2,1H3,(H,28,30)/b22-12+. The second-order valence-electron chi connectivity index (χ2n) is 7.39. The van der Waals surface area contributed by atoms with Crippen LogP contribution in [0.1, 0.15) is 27.0 Å². The number of ether oxygens (including phenoxy) is 1. The van der Waals surface area contributed by atoms with E-state index in [1.54, 1.807) is 42.5 Å². The van der Waals surface area contributed by atoms with Gasteiger partial charge in [0.15, 0.2) is 4.32 Å². The predicted octanol–water partition coefficient (Wildman–Crippen LogP) is 6.43. The normalized spacial score (nSPS) is 14.6. The van der Waals surface area contributed by atoms with Gasteiger partial charge in [0.2, 0.25) is 0 Å². The van der Waals surface area contributed by atoms with Gasteiger partial charge in [0, 0.05) is 26.7 Å². The first kappa shape index (κ1) is 24.3. The van der Waals surface area contributed by atoms with Gasteiger partial charge in [-0.25, -0.2) is 0 Å². The van der Waals surface area contributed by atoms with Crippen LogP contribution in [0.25, 0.3) is 6.08 Å². The smallest absolute Gasteiger partial charge is 0.285 e. The molecule has 3 aromatic carbocycles. The van der Waals surface area contributed by atoms with Crippen molar-refractivity contribution < 1.29 is 14.3 Å². The van der Waals surface area contributed by atoms with Crippen LogP contribution in [0.15, 0.2) is 71.6 Å². The molecular formula is C25H18Cl2N2O3S2. The highest BCUT2D eigenvalue weighted by Gasteiger charge is 2.34. The Kier molecular flexibility index (Phi) is 7.58. The van der Waals surface area contributed by atoms with Crippen molar-refractivity contribution in [3.05, 3.63) is 104 Å². The number of aryl methyl sites for hydroxylation is 1. The largest absolute Gasteiger partial charge is 0.488 e. The van der Waals surface area contributed by atoms with Crippen LogP contribution < -0.4 is 10.2 Å². The molecule has 0 saturated carbocycles. The van der Waals surface area contributed by atoms with Crippen molar-refractivity contribution in [3.63, 3.8) is 0 Å². The molecule has 9 heteroatoms. The van der Waals surface area contributed by atoms with E-state index in [2.05, 4.69) is 5.43 Å². The Bertz CT molecular complexity index is 1310. The van der Waals surface area contributed by atoms with Crippen LogP contribution in [-0.4, -0.2) is 21.1 Å². The first-order valence-electron chi connectivity index (χ1n) is 10.1. The van der Waals surface area contributed by atoms with Crippen LogP contribution >= 0.6 is 47.2 Å². The van der Waals surface area contributed by atoms with Crippen molar-refractivity contribution >= 4 is 69.4 Å². The molecule has 5 nitrogen and oxygen atoms in total. The van der Waals surface area contributed by atoms with Crippen molar-refractivity contribution in [3.8, 4) is 5.75 Å². The van der Waals surface area contributed by atoms with Crippen LogP contribution in [0.2, 0.25) is 10.0 Å². The predicted molar refractivity (Wildman–Crippen MR) is 141 cm³/mol. The quantitative estimate of drug-likeness (QED) is 0.295. The summed E-state index contributed by atoms with van der Waals surface area (Å²) in [5, 5.41) is 2.14. The fourth-order valence-electron chi connectivity index (χ4n) is 3.10. The van der Waals surface area contributed by atoms with E-state index >= 15 is 0 Å². The molecule has 0 radical (unpaired) electrons. The van der Waals surface area contributed by atoms with Gasteiger partial charge in [-0.3, -0.25) is 15.0 Å². The second-order valence-corrected chi connectivity index (χ2v) is 9.91. The molecule has 0 atom stereocenters. The van der Waals surface area contributed by atoms with E-state index in [4.69, 9.17) is 40.2 Å². The fourth-order valence-corrected chi connectivity index (χ4v) is 4.74. The molecule has 34 heavy (non-hydrogen) atoms. The number of benzene rings is 3. The van der Waals surface area contributed by atoms with Crippen molar-refractivity contribution in [2.45, 2.75) is 13.5 Å². The van der Waals surface area contributed by atoms with Crippen molar-refractivity contribution in [2.24, 2.45) is 0 Å². The SMILES string of the molecule is Cc1ccc(C(=O)NN2C(=O)/C(=C\c3ccccc3OCc3ccc(Cl)cc3Cl)SC2=S)cc1. The maximum Gasteiger partial charge on any atom is 0.285 e. The number of para-hydroxylation sites is 1. The maximum atomic E-state index is 13.0. The van der Waals surface area contributed by atoms with Crippen LogP contribution in [0.3, 0.4) is 0 Å². The summed E-state index contributed by atoms with van der Waals surface area (Å²) in [6, 6.07) is 19.5. The van der Waals surface area contributed by atoms with Gasteiger partial charge in [-0.1, -0.05) is 76.9 Å². The van der Waals surface area contributed by atoms with E-state index in [1.165, 1.54) is 0 Å². The molecule has 1 N–H and O–H groups in total. The molecule has 172 valence electrons. The minimum absolute atomic E-state index is 0.231. The number of thiocarbonyl (C=S) groups is 1. The molecule has 0 unspecified atom stereocenters. The van der Waals surface area contributed by atoms with E-state index in [9.17, 15) is 9.59 Å². The number of thioether (sulfide) groups is 1. The van der Waals surface area contributed by atoms with Gasteiger partial charge in [0.1, 0.15) is 12.4 Å². The molecule has 1 aliphatic heterocycles. The van der Waals surface area contributed by atoms with Gasteiger partial charge >= 0.3 is 0 Å². The van der Waals surface area contributed by atoms with Crippen molar-refractivity contribution in [1.29, 1.82) is 0 Å². The van der Waals surface area contributed by atoms with Gasteiger partial charge in [-0.05, 0) is 55.5 Å². The number of carbonyl (C=O) groups excluding carboxylic acids is 2. The van der Waals surface area contributed by atoms with E-state index in [0.717, 1.165) is 27.9 Å². The monoisotopic (exact) mass is 528 g/mol. The lowest BCUT2D eigenvalue weighted by molar-refractivity contribution is -0.123. The number of nitrogens with one attached hydrogen (secondary N) is 1. The Balaban J connectivity index is 1.49. The zero-order valence-electron chi connectivity index (χ0n) is 17.9. The van der Waals surface area contributed by atoms with Crippen LogP contribution in [0, 0.1) is 6.92 Å². The Morgan fingerprint density at radius 1 is 1.12 bits per heavy atom. The first-order valence-corrected chi connectivity index (χ1v) is 12.1. The summed E-state index contributed by atoms with van der Waals surface area (Å²) in [6.07, 6.45) is 1.69. The number of carbonyl (C=O) groups is 2. The average Bonchev–Trinajstić information content (AvgIpc) is 3.07. The third kappa shape index (κ3) is 5.62. The summed E-state index contributed by atoms with van der Waals surface area (Å²) in [7, 11) is 0. The highest BCUT2D eigenvalue weighted by atomic mass is 35.5. The van der Waals surface area contributed by atoms with Crippen LogP contribution in [0.5, 0.6) is 5.75 Å². The zero-order valence-corrected chi connectivity index (χ0v) is 21.0. The molecule has 3 aromatic rings. The molecule has 0 aliphatic carbocycles. The van der Waals surface area contributed by atoms with E-state index in [1.807, 2.05) is 37.3 Å². The summed E-state index contributed by atoms with van der Waals surface area (Å²) in [5.74, 6) is -0.255. The average molecular weight is 529 g/mol. The minimum atomic E-state index is -0.416. The number of hydrogen-bond acceptors (Lipinski definition) is 5. The Morgan fingerprint density at radius 3 is 2.59 bits per heavy atom. The molecular weight excluding hydrogens is 511 g/mol. The fraction of sp³-hybridized carbons (Fsp3) is 0.0800. The van der Waals surface area contributed by atoms with Gasteiger partial charge in [0.05, 0.1) is 4.91 Å². The van der Waals surface area contributed by atoms with Crippen molar-refractivity contribution in [1.82, 2.24) is 10.4 Å². The van der Waals surface area contributed by atoms with E-state index in [-0.39, 0.29) is 10.9 Å². The third-order valence-corrected chi connectivity index (χ3v) is 6.81. The van der Waals surface area contributed by atoms with E-state index < -0.39 is 11.8 Å². The number of hydrogen-bond donors (Lipinski definition) is 1. The molecule has 0 aromatic heterocycles. The lowest BCUT2D eigenvalue weighted by Crippen LogP contribution is -2.44. The summed E-state index contributed by atoms with van der Waals surface area (Å²) in [4.78, 5) is 25.9. The number of rotatable bonds is 6. The summed E-state index contributed by atoms with van der Waals surface area (Å²) in [5.41, 5.74) is 5.53. The highest BCUT2D eigenvalue weighted by Crippen LogP contribution is 2.34. The molecule has 0 spiro atoms. The molecule has 1 aliphatic rings. The zero-order chi connectivity index (χ0) is 24.2. The summed E-state index contributed by atoms with van der Waals surface area (Å²) < 4.78 is 6.21. The lowest BCUT2D eigenvalue weighted by atomic mass is 10.1.